The lowest BCUT2D eigenvalue weighted by Gasteiger charge is -2.09. The molecule has 2 heterocycles. The fourth-order valence-electron chi connectivity index (χ4n) is 2.98. The van der Waals surface area contributed by atoms with Crippen LogP contribution in [0.5, 0.6) is 5.75 Å². The van der Waals surface area contributed by atoms with Crippen LogP contribution < -0.4 is 10.2 Å². The highest BCUT2D eigenvalue weighted by atomic mass is 32.1. The van der Waals surface area contributed by atoms with Crippen molar-refractivity contribution < 1.29 is 9.53 Å². The van der Waals surface area contributed by atoms with E-state index in [9.17, 15) is 4.79 Å². The van der Waals surface area contributed by atoms with Gasteiger partial charge in [0.1, 0.15) is 11.4 Å². The maximum absolute atomic E-state index is 12.4. The zero-order chi connectivity index (χ0) is 19.5. The summed E-state index contributed by atoms with van der Waals surface area (Å²) in [6.07, 6.45) is 1.64. The van der Waals surface area contributed by atoms with E-state index in [1.807, 2.05) is 54.8 Å². The number of methoxy groups -OCH3 is 1. The number of ether oxygens (including phenoxy) is 1. The van der Waals surface area contributed by atoms with Crippen molar-refractivity contribution >= 4 is 34.2 Å². The second kappa shape index (κ2) is 7.66. The van der Waals surface area contributed by atoms with E-state index >= 15 is 0 Å². The molecule has 4 rings (SSSR count). The van der Waals surface area contributed by atoms with E-state index in [1.54, 1.807) is 30.7 Å². The summed E-state index contributed by atoms with van der Waals surface area (Å²) in [6, 6.07) is 15.6. The van der Waals surface area contributed by atoms with Crippen molar-refractivity contribution in [2.75, 3.05) is 7.11 Å². The minimum atomic E-state index is -0.358. The van der Waals surface area contributed by atoms with Crippen LogP contribution in [0.1, 0.15) is 20.9 Å². The van der Waals surface area contributed by atoms with Gasteiger partial charge in [0.15, 0.2) is 0 Å². The first-order chi connectivity index (χ1) is 13.7. The summed E-state index contributed by atoms with van der Waals surface area (Å²) >= 11 is 1.57. The number of nitrogens with zero attached hydrogens (tertiary/aromatic N) is 2. The number of aromatic nitrogens is 2. The minimum absolute atomic E-state index is 0.324. The van der Waals surface area contributed by atoms with Crippen molar-refractivity contribution in [2.24, 2.45) is 5.10 Å². The predicted octanol–water partition coefficient (Wildman–Crippen LogP) is 4.37. The van der Waals surface area contributed by atoms with Crippen LogP contribution in [0.25, 0.3) is 22.0 Å². The van der Waals surface area contributed by atoms with Crippen molar-refractivity contribution in [1.29, 1.82) is 0 Å². The molecule has 1 amide bonds. The summed E-state index contributed by atoms with van der Waals surface area (Å²) in [7, 11) is 1.62. The monoisotopic (exact) mass is 390 g/mol. The molecule has 0 aliphatic carbocycles. The number of carbonyl (C=O) groups is 1. The number of nitrogens with one attached hydrogen (secondary N) is 2. The number of H-pyrrole nitrogens is 1. The SMILES string of the molecule is COc1ccc2ccccc2c1-c1cc(C(=O)NN=Cc2sccc2C)[nH]n1. The number of hydrazone groups is 1. The number of benzene rings is 2. The largest absolute Gasteiger partial charge is 0.496 e. The van der Waals surface area contributed by atoms with Crippen LogP contribution in [0.3, 0.4) is 0 Å². The number of hydrogen-bond donors (Lipinski definition) is 2. The van der Waals surface area contributed by atoms with Gasteiger partial charge < -0.3 is 4.74 Å². The summed E-state index contributed by atoms with van der Waals surface area (Å²) < 4.78 is 5.52. The number of rotatable bonds is 5. The van der Waals surface area contributed by atoms with Crippen LogP contribution >= 0.6 is 11.3 Å². The lowest BCUT2D eigenvalue weighted by atomic mass is 10.0. The van der Waals surface area contributed by atoms with Gasteiger partial charge in [0, 0.05) is 4.88 Å². The Kier molecular flexibility index (Phi) is 4.90. The molecule has 0 bridgehead atoms. The third-order valence-corrected chi connectivity index (χ3v) is 5.39. The van der Waals surface area contributed by atoms with Crippen molar-refractivity contribution in [2.45, 2.75) is 6.92 Å². The molecule has 0 saturated heterocycles. The molecule has 2 aromatic heterocycles. The third-order valence-electron chi connectivity index (χ3n) is 4.44. The Hall–Kier alpha value is -3.45. The van der Waals surface area contributed by atoms with Gasteiger partial charge in [-0.3, -0.25) is 9.89 Å². The third kappa shape index (κ3) is 3.39. The normalized spacial score (nSPS) is 11.2. The summed E-state index contributed by atoms with van der Waals surface area (Å²) in [5.74, 6) is 0.340. The van der Waals surface area contributed by atoms with Gasteiger partial charge in [0.05, 0.1) is 24.6 Å². The maximum Gasteiger partial charge on any atom is 0.289 e. The molecular weight excluding hydrogens is 372 g/mol. The molecule has 0 aliphatic heterocycles. The Balaban J connectivity index is 1.61. The number of hydrogen-bond acceptors (Lipinski definition) is 5. The molecule has 7 heteroatoms. The van der Waals surface area contributed by atoms with Crippen molar-refractivity contribution in [3.05, 3.63) is 70.0 Å². The van der Waals surface area contributed by atoms with E-state index in [-0.39, 0.29) is 5.91 Å². The molecule has 4 aromatic rings. The molecular formula is C21H18N4O2S. The Morgan fingerprint density at radius 3 is 2.89 bits per heavy atom. The molecule has 0 fully saturated rings. The molecule has 28 heavy (non-hydrogen) atoms. The van der Waals surface area contributed by atoms with E-state index in [1.165, 1.54) is 0 Å². The average molecular weight is 390 g/mol. The van der Waals surface area contributed by atoms with Crippen molar-refractivity contribution in [3.63, 3.8) is 0 Å². The highest BCUT2D eigenvalue weighted by molar-refractivity contribution is 7.11. The van der Waals surface area contributed by atoms with Crippen LogP contribution in [0.4, 0.5) is 0 Å². The van der Waals surface area contributed by atoms with Gasteiger partial charge in [0.2, 0.25) is 0 Å². The van der Waals surface area contributed by atoms with E-state index in [4.69, 9.17) is 4.74 Å². The van der Waals surface area contributed by atoms with Crippen LogP contribution in [-0.2, 0) is 0 Å². The van der Waals surface area contributed by atoms with Gasteiger partial charge in [-0.2, -0.15) is 10.2 Å². The molecule has 140 valence electrons. The number of aromatic amines is 1. The number of amides is 1. The van der Waals surface area contributed by atoms with Crippen LogP contribution in [0.2, 0.25) is 0 Å². The Morgan fingerprint density at radius 2 is 2.11 bits per heavy atom. The van der Waals surface area contributed by atoms with Crippen LogP contribution in [0, 0.1) is 6.92 Å². The highest BCUT2D eigenvalue weighted by Gasteiger charge is 2.16. The van der Waals surface area contributed by atoms with E-state index in [2.05, 4.69) is 20.7 Å². The molecule has 0 spiro atoms. The fraction of sp³-hybridized carbons (Fsp3) is 0.0952. The molecule has 0 aliphatic rings. The predicted molar refractivity (Wildman–Crippen MR) is 112 cm³/mol. The summed E-state index contributed by atoms with van der Waals surface area (Å²) in [4.78, 5) is 13.4. The van der Waals surface area contributed by atoms with Gasteiger partial charge in [-0.05, 0) is 46.8 Å². The van der Waals surface area contributed by atoms with E-state index < -0.39 is 0 Å². The quantitative estimate of drug-likeness (QED) is 0.392. The second-order valence-electron chi connectivity index (χ2n) is 6.20. The van der Waals surface area contributed by atoms with Crippen LogP contribution in [0.15, 0.2) is 59.0 Å². The highest BCUT2D eigenvalue weighted by Crippen LogP contribution is 2.36. The molecule has 2 aromatic carbocycles. The van der Waals surface area contributed by atoms with Gasteiger partial charge in [0.25, 0.3) is 5.91 Å². The Morgan fingerprint density at radius 1 is 1.25 bits per heavy atom. The van der Waals surface area contributed by atoms with E-state index in [0.29, 0.717) is 17.1 Å². The minimum Gasteiger partial charge on any atom is -0.496 e. The first-order valence-corrected chi connectivity index (χ1v) is 9.54. The fourth-order valence-corrected chi connectivity index (χ4v) is 3.76. The first kappa shape index (κ1) is 17.9. The second-order valence-corrected chi connectivity index (χ2v) is 7.15. The van der Waals surface area contributed by atoms with Crippen molar-refractivity contribution in [3.8, 4) is 17.0 Å². The van der Waals surface area contributed by atoms with Gasteiger partial charge in [-0.25, -0.2) is 5.43 Å². The summed E-state index contributed by atoms with van der Waals surface area (Å²) in [5.41, 5.74) is 5.45. The molecule has 0 unspecified atom stereocenters. The first-order valence-electron chi connectivity index (χ1n) is 8.66. The van der Waals surface area contributed by atoms with E-state index in [0.717, 1.165) is 26.8 Å². The maximum atomic E-state index is 12.4. The molecule has 6 nitrogen and oxygen atoms in total. The lowest BCUT2D eigenvalue weighted by Crippen LogP contribution is -2.17. The number of fused-ring (bicyclic) bond motifs is 1. The number of carbonyl (C=O) groups excluding carboxylic acids is 1. The smallest absolute Gasteiger partial charge is 0.289 e. The zero-order valence-electron chi connectivity index (χ0n) is 15.4. The van der Waals surface area contributed by atoms with Crippen molar-refractivity contribution in [1.82, 2.24) is 15.6 Å². The Bertz CT molecular complexity index is 1180. The summed E-state index contributed by atoms with van der Waals surface area (Å²) in [5, 5.41) is 15.2. The van der Waals surface area contributed by atoms with Crippen LogP contribution in [-0.4, -0.2) is 29.4 Å². The zero-order valence-corrected chi connectivity index (χ0v) is 16.2. The van der Waals surface area contributed by atoms with Gasteiger partial charge >= 0.3 is 0 Å². The lowest BCUT2D eigenvalue weighted by molar-refractivity contribution is 0.0950. The molecule has 0 saturated carbocycles. The average Bonchev–Trinajstić information content (AvgIpc) is 3.36. The van der Waals surface area contributed by atoms with Gasteiger partial charge in [-0.1, -0.05) is 30.3 Å². The number of thiophene rings is 1. The molecule has 2 N–H and O–H groups in total. The van der Waals surface area contributed by atoms with Gasteiger partial charge in [-0.15, -0.1) is 11.3 Å². The molecule has 0 radical (unpaired) electrons. The number of aryl methyl sites for hydroxylation is 1. The molecule has 0 atom stereocenters. The topological polar surface area (TPSA) is 79.4 Å². The summed E-state index contributed by atoms with van der Waals surface area (Å²) in [6.45, 7) is 2.00. The Labute approximate surface area is 165 Å². The standard InChI is InChI=1S/C21H18N4O2S/c1-13-9-10-28-19(13)12-22-25-21(26)17-11-16(23-24-17)20-15-6-4-3-5-14(15)7-8-18(20)27-2/h3-12H,1-2H3,(H,23,24)(H,25,26).